The van der Waals surface area contributed by atoms with Gasteiger partial charge in [0.25, 0.3) is 0 Å². The summed E-state index contributed by atoms with van der Waals surface area (Å²) >= 11 is 2.77. The first-order chi connectivity index (χ1) is 6.00. The van der Waals surface area contributed by atoms with Crippen LogP contribution in [0.4, 0.5) is 13.2 Å². The number of phenolic OH excluding ortho intramolecular Hbond substituents is 1. The van der Waals surface area contributed by atoms with Gasteiger partial charge in [-0.15, -0.1) is 0 Å². The maximum atomic E-state index is 12.7. The zero-order valence-corrected chi connectivity index (χ0v) is 7.69. The van der Waals surface area contributed by atoms with Crippen molar-refractivity contribution in [1.29, 1.82) is 0 Å². The maximum Gasteiger partial charge on any atom is 0.387 e. The van der Waals surface area contributed by atoms with Crippen molar-refractivity contribution in [2.24, 2.45) is 0 Å². The first-order valence-electron chi connectivity index (χ1n) is 3.13. The minimum Gasteiger partial charge on any atom is -0.504 e. The fraction of sp³-hybridized carbons (Fsp3) is 0.143. The SMILES string of the molecule is Oc1c(F)cc(OC(F)F)cc1Br. The van der Waals surface area contributed by atoms with Gasteiger partial charge < -0.3 is 9.84 Å². The van der Waals surface area contributed by atoms with Crippen LogP contribution >= 0.6 is 15.9 Å². The molecule has 0 saturated carbocycles. The predicted octanol–water partition coefficient (Wildman–Crippen LogP) is 2.90. The van der Waals surface area contributed by atoms with E-state index in [4.69, 9.17) is 5.11 Å². The summed E-state index contributed by atoms with van der Waals surface area (Å²) in [5.41, 5.74) is 0. The Morgan fingerprint density at radius 3 is 2.46 bits per heavy atom. The predicted molar refractivity (Wildman–Crippen MR) is 42.4 cm³/mol. The van der Waals surface area contributed by atoms with Crippen molar-refractivity contribution in [3.05, 3.63) is 22.4 Å². The molecule has 1 N–H and O–H groups in total. The molecule has 0 bridgehead atoms. The number of ether oxygens (including phenoxy) is 1. The average Bonchev–Trinajstić information content (AvgIpc) is 1.98. The summed E-state index contributed by atoms with van der Waals surface area (Å²) in [6.45, 7) is -3.02. The van der Waals surface area contributed by atoms with Crippen LogP contribution in [-0.4, -0.2) is 11.7 Å². The van der Waals surface area contributed by atoms with E-state index in [1.54, 1.807) is 0 Å². The van der Waals surface area contributed by atoms with Crippen molar-refractivity contribution < 1.29 is 23.0 Å². The van der Waals surface area contributed by atoms with Gasteiger partial charge in [-0.2, -0.15) is 8.78 Å². The van der Waals surface area contributed by atoms with Crippen molar-refractivity contribution in [1.82, 2.24) is 0 Å². The number of aromatic hydroxyl groups is 1. The molecule has 2 nitrogen and oxygen atoms in total. The quantitative estimate of drug-likeness (QED) is 0.882. The van der Waals surface area contributed by atoms with Gasteiger partial charge in [-0.05, 0) is 22.0 Å². The van der Waals surface area contributed by atoms with Crippen LogP contribution in [0.1, 0.15) is 0 Å². The van der Waals surface area contributed by atoms with E-state index >= 15 is 0 Å². The Kier molecular flexibility index (Phi) is 3.02. The molecule has 13 heavy (non-hydrogen) atoms. The van der Waals surface area contributed by atoms with Crippen molar-refractivity contribution in [2.45, 2.75) is 6.61 Å². The molecule has 1 rings (SSSR count). The fourth-order valence-electron chi connectivity index (χ4n) is 0.713. The number of alkyl halides is 2. The lowest BCUT2D eigenvalue weighted by Gasteiger charge is -2.05. The van der Waals surface area contributed by atoms with Crippen LogP contribution in [0.5, 0.6) is 11.5 Å². The minimum atomic E-state index is -3.02. The lowest BCUT2D eigenvalue weighted by Crippen LogP contribution is -2.02. The first kappa shape index (κ1) is 10.2. The van der Waals surface area contributed by atoms with Gasteiger partial charge in [0.2, 0.25) is 0 Å². The Hall–Kier alpha value is -0.910. The standard InChI is InChI=1S/C7H4BrF3O2/c8-4-1-3(13-7(10)11)2-5(9)6(4)12/h1-2,7,12H. The number of benzene rings is 1. The fourth-order valence-corrected chi connectivity index (χ4v) is 1.13. The van der Waals surface area contributed by atoms with Crippen molar-refractivity contribution in [2.75, 3.05) is 0 Å². The van der Waals surface area contributed by atoms with Crippen LogP contribution in [0.15, 0.2) is 16.6 Å². The highest BCUT2D eigenvalue weighted by Gasteiger charge is 2.11. The highest BCUT2D eigenvalue weighted by Crippen LogP contribution is 2.31. The molecule has 72 valence electrons. The molecule has 0 heterocycles. The van der Waals surface area contributed by atoms with Gasteiger partial charge in [0.15, 0.2) is 11.6 Å². The Bertz CT molecular complexity index is 294. The second-order valence-corrected chi connectivity index (χ2v) is 2.97. The van der Waals surface area contributed by atoms with Crippen molar-refractivity contribution in [3.8, 4) is 11.5 Å². The van der Waals surface area contributed by atoms with E-state index in [9.17, 15) is 13.2 Å². The van der Waals surface area contributed by atoms with E-state index in [0.717, 1.165) is 6.07 Å². The van der Waals surface area contributed by atoms with Crippen LogP contribution in [0.3, 0.4) is 0 Å². The van der Waals surface area contributed by atoms with Gasteiger partial charge in [-0.1, -0.05) is 0 Å². The molecular formula is C7H4BrF3O2. The monoisotopic (exact) mass is 256 g/mol. The molecule has 0 spiro atoms. The third kappa shape index (κ3) is 2.51. The van der Waals surface area contributed by atoms with Crippen molar-refractivity contribution >= 4 is 15.9 Å². The van der Waals surface area contributed by atoms with Crippen LogP contribution in [0, 0.1) is 5.82 Å². The zero-order chi connectivity index (χ0) is 10.0. The number of rotatable bonds is 2. The molecule has 6 heteroatoms. The minimum absolute atomic E-state index is 0.0387. The lowest BCUT2D eigenvalue weighted by molar-refractivity contribution is -0.0500. The molecule has 0 unspecified atom stereocenters. The summed E-state index contributed by atoms with van der Waals surface area (Å²) in [7, 11) is 0. The number of phenols is 1. The summed E-state index contributed by atoms with van der Waals surface area (Å²) in [5.74, 6) is -2.01. The smallest absolute Gasteiger partial charge is 0.387 e. The van der Waals surface area contributed by atoms with E-state index in [0.29, 0.717) is 6.07 Å². The Morgan fingerprint density at radius 1 is 1.38 bits per heavy atom. The van der Waals surface area contributed by atoms with Crippen LogP contribution in [-0.2, 0) is 0 Å². The first-order valence-corrected chi connectivity index (χ1v) is 3.93. The highest BCUT2D eigenvalue weighted by molar-refractivity contribution is 9.10. The summed E-state index contributed by atoms with van der Waals surface area (Å²) < 4.78 is 39.9. The number of hydrogen-bond donors (Lipinski definition) is 1. The van der Waals surface area contributed by atoms with E-state index in [-0.39, 0.29) is 10.2 Å². The van der Waals surface area contributed by atoms with E-state index in [1.165, 1.54) is 0 Å². The molecule has 0 atom stereocenters. The van der Waals surface area contributed by atoms with Gasteiger partial charge in [-0.25, -0.2) is 4.39 Å². The zero-order valence-electron chi connectivity index (χ0n) is 6.10. The average molecular weight is 257 g/mol. The second kappa shape index (κ2) is 3.87. The normalized spacial score (nSPS) is 10.5. The van der Waals surface area contributed by atoms with Crippen LogP contribution in [0.2, 0.25) is 0 Å². The van der Waals surface area contributed by atoms with Gasteiger partial charge in [0.1, 0.15) is 5.75 Å². The van der Waals surface area contributed by atoms with E-state index in [2.05, 4.69) is 20.7 Å². The molecule has 0 aliphatic heterocycles. The van der Waals surface area contributed by atoms with Gasteiger partial charge in [0.05, 0.1) is 4.47 Å². The van der Waals surface area contributed by atoms with Crippen LogP contribution < -0.4 is 4.74 Å². The molecule has 0 aromatic heterocycles. The highest BCUT2D eigenvalue weighted by atomic mass is 79.9. The number of hydrogen-bond acceptors (Lipinski definition) is 2. The largest absolute Gasteiger partial charge is 0.504 e. The Labute approximate surface area is 80.1 Å². The van der Waals surface area contributed by atoms with E-state index < -0.39 is 18.2 Å². The van der Waals surface area contributed by atoms with Crippen molar-refractivity contribution in [3.63, 3.8) is 0 Å². The third-order valence-corrected chi connectivity index (χ3v) is 1.82. The molecule has 1 aromatic carbocycles. The molecule has 1 aromatic rings. The van der Waals surface area contributed by atoms with Gasteiger partial charge in [-0.3, -0.25) is 0 Å². The molecule has 0 aliphatic rings. The van der Waals surface area contributed by atoms with Gasteiger partial charge in [0, 0.05) is 6.07 Å². The summed E-state index contributed by atoms with van der Waals surface area (Å²) in [6, 6.07) is 1.72. The van der Waals surface area contributed by atoms with Crippen LogP contribution in [0.25, 0.3) is 0 Å². The molecule has 0 fully saturated rings. The number of halogens is 4. The molecule has 0 saturated heterocycles. The van der Waals surface area contributed by atoms with E-state index in [1.807, 2.05) is 0 Å². The topological polar surface area (TPSA) is 29.5 Å². The molecule has 0 aliphatic carbocycles. The summed E-state index contributed by atoms with van der Waals surface area (Å²) in [6.07, 6.45) is 0. The second-order valence-electron chi connectivity index (χ2n) is 2.11. The van der Waals surface area contributed by atoms with Gasteiger partial charge >= 0.3 is 6.61 Å². The Morgan fingerprint density at radius 2 is 2.00 bits per heavy atom. The maximum absolute atomic E-state index is 12.7. The molecule has 0 amide bonds. The lowest BCUT2D eigenvalue weighted by atomic mass is 10.3. The molecular weight excluding hydrogens is 253 g/mol. The summed E-state index contributed by atoms with van der Waals surface area (Å²) in [5, 5.41) is 8.90. The summed E-state index contributed by atoms with van der Waals surface area (Å²) in [4.78, 5) is 0. The third-order valence-electron chi connectivity index (χ3n) is 1.22. The molecule has 0 radical (unpaired) electrons. The Balaban J connectivity index is 2.99.